The third-order valence-electron chi connectivity index (χ3n) is 1.12. The standard InChI is InChI=1S/C6H17N3.Li/c7-3-1-5-9-6-2-4-8;/h9H,1-8H2;. The summed E-state index contributed by atoms with van der Waals surface area (Å²) in [6, 6.07) is 0. The van der Waals surface area contributed by atoms with Crippen molar-refractivity contribution < 1.29 is 0 Å². The molecule has 4 heteroatoms. The van der Waals surface area contributed by atoms with Crippen molar-refractivity contribution in [1.29, 1.82) is 0 Å². The van der Waals surface area contributed by atoms with Gasteiger partial charge in [-0.15, -0.1) is 0 Å². The Labute approximate surface area is 75.1 Å². The molecule has 10 heavy (non-hydrogen) atoms. The summed E-state index contributed by atoms with van der Waals surface area (Å²) in [6.45, 7) is 3.60. The predicted octanol–water partition coefficient (Wildman–Crippen LogP) is -1.11. The zero-order valence-corrected chi connectivity index (χ0v) is 6.90. The van der Waals surface area contributed by atoms with Crippen LogP contribution in [0, 0.1) is 0 Å². The Balaban J connectivity index is 0. The van der Waals surface area contributed by atoms with Gasteiger partial charge in [-0.25, -0.2) is 0 Å². The summed E-state index contributed by atoms with van der Waals surface area (Å²) in [4.78, 5) is 0. The van der Waals surface area contributed by atoms with Gasteiger partial charge in [0.15, 0.2) is 0 Å². The second-order valence-electron chi connectivity index (χ2n) is 2.03. The molecule has 0 amide bonds. The minimum Gasteiger partial charge on any atom is -0.330 e. The minimum absolute atomic E-state index is 0. The van der Waals surface area contributed by atoms with Crippen molar-refractivity contribution in [2.75, 3.05) is 26.2 Å². The molecule has 1 radical (unpaired) electrons. The van der Waals surface area contributed by atoms with E-state index in [4.69, 9.17) is 11.5 Å². The van der Waals surface area contributed by atoms with Crippen molar-refractivity contribution in [2.45, 2.75) is 12.8 Å². The minimum atomic E-state index is 0. The SMILES string of the molecule is NCCCNCCCN.[Li]. The first kappa shape index (κ1) is 13.1. The molecule has 0 aliphatic heterocycles. The van der Waals surface area contributed by atoms with Crippen molar-refractivity contribution in [2.24, 2.45) is 11.5 Å². The van der Waals surface area contributed by atoms with Gasteiger partial charge in [-0.3, -0.25) is 0 Å². The van der Waals surface area contributed by atoms with E-state index in [1.54, 1.807) is 0 Å². The summed E-state index contributed by atoms with van der Waals surface area (Å²) in [5.41, 5.74) is 10.6. The van der Waals surface area contributed by atoms with E-state index in [2.05, 4.69) is 5.32 Å². The van der Waals surface area contributed by atoms with Crippen LogP contribution in [0.25, 0.3) is 0 Å². The van der Waals surface area contributed by atoms with Gasteiger partial charge in [0.1, 0.15) is 0 Å². The van der Waals surface area contributed by atoms with Gasteiger partial charge >= 0.3 is 0 Å². The Kier molecular flexibility index (Phi) is 16.0. The van der Waals surface area contributed by atoms with Gasteiger partial charge in [-0.05, 0) is 39.0 Å². The normalized spacial score (nSPS) is 9.00. The van der Waals surface area contributed by atoms with Crippen LogP contribution in [0.5, 0.6) is 0 Å². The number of rotatable bonds is 6. The fourth-order valence-electron chi connectivity index (χ4n) is 0.579. The molecule has 0 aliphatic carbocycles. The van der Waals surface area contributed by atoms with E-state index in [0.717, 1.165) is 39.0 Å². The third-order valence-corrected chi connectivity index (χ3v) is 1.12. The summed E-state index contributed by atoms with van der Waals surface area (Å²) in [7, 11) is 0. The maximum atomic E-state index is 5.28. The van der Waals surface area contributed by atoms with E-state index in [0.29, 0.717) is 0 Å². The Hall–Kier alpha value is 0.477. The zero-order chi connectivity index (χ0) is 6.95. The smallest absolute Gasteiger partial charge is 0 e. The first-order valence-corrected chi connectivity index (χ1v) is 3.52. The first-order chi connectivity index (χ1) is 4.41. The summed E-state index contributed by atoms with van der Waals surface area (Å²) in [5.74, 6) is 0. The van der Waals surface area contributed by atoms with Gasteiger partial charge in [0, 0.05) is 18.9 Å². The summed E-state index contributed by atoms with van der Waals surface area (Å²) in [6.07, 6.45) is 2.12. The molecule has 0 aromatic rings. The van der Waals surface area contributed by atoms with Crippen LogP contribution >= 0.6 is 0 Å². The van der Waals surface area contributed by atoms with Crippen molar-refractivity contribution in [1.82, 2.24) is 5.32 Å². The third kappa shape index (κ3) is 11.3. The van der Waals surface area contributed by atoms with Crippen LogP contribution in [0.4, 0.5) is 0 Å². The fraction of sp³-hybridized carbons (Fsp3) is 1.00. The molecule has 0 aliphatic rings. The topological polar surface area (TPSA) is 64.1 Å². The summed E-state index contributed by atoms with van der Waals surface area (Å²) < 4.78 is 0. The molecule has 0 bridgehead atoms. The van der Waals surface area contributed by atoms with Gasteiger partial charge in [0.25, 0.3) is 0 Å². The maximum Gasteiger partial charge on any atom is 0 e. The van der Waals surface area contributed by atoms with Crippen LogP contribution in [-0.4, -0.2) is 45.0 Å². The Morgan fingerprint density at radius 3 is 1.60 bits per heavy atom. The van der Waals surface area contributed by atoms with Crippen molar-refractivity contribution in [3.8, 4) is 0 Å². The van der Waals surface area contributed by atoms with Crippen LogP contribution in [0.3, 0.4) is 0 Å². The summed E-state index contributed by atoms with van der Waals surface area (Å²) >= 11 is 0. The average molecular weight is 138 g/mol. The van der Waals surface area contributed by atoms with Gasteiger partial charge < -0.3 is 16.8 Å². The number of hydrogen-bond donors (Lipinski definition) is 3. The van der Waals surface area contributed by atoms with Crippen LogP contribution in [-0.2, 0) is 0 Å². The molecule has 0 fully saturated rings. The van der Waals surface area contributed by atoms with Gasteiger partial charge in [-0.2, -0.15) is 0 Å². The van der Waals surface area contributed by atoms with E-state index in [1.165, 1.54) is 0 Å². The molecule has 0 saturated carbocycles. The molecular formula is C6H17LiN3. The van der Waals surface area contributed by atoms with Gasteiger partial charge in [-0.1, -0.05) is 0 Å². The van der Waals surface area contributed by atoms with Crippen LogP contribution < -0.4 is 16.8 Å². The Morgan fingerprint density at radius 1 is 0.900 bits per heavy atom. The van der Waals surface area contributed by atoms with Gasteiger partial charge in [0.2, 0.25) is 0 Å². The molecule has 0 aromatic heterocycles. The van der Waals surface area contributed by atoms with Gasteiger partial charge in [0.05, 0.1) is 0 Å². The quantitative estimate of drug-likeness (QED) is 0.322. The maximum absolute atomic E-state index is 5.28. The number of nitrogens with two attached hydrogens (primary N) is 2. The predicted molar refractivity (Wildman–Crippen MR) is 46.0 cm³/mol. The molecule has 0 spiro atoms. The summed E-state index contributed by atoms with van der Waals surface area (Å²) in [5, 5.41) is 3.23. The Bertz CT molecular complexity index is 46.3. The van der Waals surface area contributed by atoms with Crippen molar-refractivity contribution in [3.63, 3.8) is 0 Å². The molecule has 5 N–H and O–H groups in total. The van der Waals surface area contributed by atoms with E-state index < -0.39 is 0 Å². The molecular weight excluding hydrogens is 121 g/mol. The molecule has 0 unspecified atom stereocenters. The number of hydrogen-bond acceptors (Lipinski definition) is 3. The molecule has 0 rings (SSSR count). The van der Waals surface area contributed by atoms with E-state index in [1.807, 2.05) is 0 Å². The van der Waals surface area contributed by atoms with Crippen molar-refractivity contribution in [3.05, 3.63) is 0 Å². The van der Waals surface area contributed by atoms with Crippen LogP contribution in [0.1, 0.15) is 12.8 Å². The molecule has 57 valence electrons. The monoisotopic (exact) mass is 138 g/mol. The molecule has 0 saturated heterocycles. The van der Waals surface area contributed by atoms with E-state index in [9.17, 15) is 0 Å². The average Bonchev–Trinajstić information content (AvgIpc) is 1.89. The van der Waals surface area contributed by atoms with Crippen LogP contribution in [0.15, 0.2) is 0 Å². The van der Waals surface area contributed by atoms with E-state index >= 15 is 0 Å². The van der Waals surface area contributed by atoms with Crippen molar-refractivity contribution >= 4 is 18.9 Å². The zero-order valence-electron chi connectivity index (χ0n) is 6.90. The second kappa shape index (κ2) is 12.2. The molecule has 0 atom stereocenters. The molecule has 0 heterocycles. The van der Waals surface area contributed by atoms with E-state index in [-0.39, 0.29) is 18.9 Å². The molecule has 0 aromatic carbocycles. The number of nitrogens with one attached hydrogen (secondary N) is 1. The Morgan fingerprint density at radius 2 is 1.30 bits per heavy atom. The fourth-order valence-corrected chi connectivity index (χ4v) is 0.579. The largest absolute Gasteiger partial charge is 0.330 e. The molecule has 3 nitrogen and oxygen atoms in total. The van der Waals surface area contributed by atoms with Crippen LogP contribution in [0.2, 0.25) is 0 Å². The second-order valence-corrected chi connectivity index (χ2v) is 2.03. The first-order valence-electron chi connectivity index (χ1n) is 3.52.